The van der Waals surface area contributed by atoms with Gasteiger partial charge in [-0.05, 0) is 48.8 Å². The van der Waals surface area contributed by atoms with Crippen molar-refractivity contribution >= 4 is 81.2 Å². The summed E-state index contributed by atoms with van der Waals surface area (Å²) in [5.41, 5.74) is 0.706. The summed E-state index contributed by atoms with van der Waals surface area (Å²) in [6.07, 6.45) is 3.75. The number of carboxylic acids is 1. The van der Waals surface area contributed by atoms with Crippen molar-refractivity contribution in [3.63, 3.8) is 0 Å². The normalized spacial score (nSPS) is 16.7. The van der Waals surface area contributed by atoms with Crippen LogP contribution in [0.4, 0.5) is 0 Å². The van der Waals surface area contributed by atoms with E-state index in [1.54, 1.807) is 36.4 Å². The van der Waals surface area contributed by atoms with Crippen molar-refractivity contribution < 1.29 is 19.1 Å². The average molecular weight is 488 g/mol. The molecule has 1 atom stereocenters. The van der Waals surface area contributed by atoms with Gasteiger partial charge in [0.25, 0.3) is 5.91 Å². The summed E-state index contributed by atoms with van der Waals surface area (Å²) in [5.74, 6) is 0.0793. The number of thiocarbonyl (C=S) groups is 1. The minimum absolute atomic E-state index is 0.225. The number of thioether (sulfide) groups is 2. The summed E-state index contributed by atoms with van der Waals surface area (Å²) >= 11 is 19.9. The Bertz CT molecular complexity index is 985. The Kier molecular flexibility index (Phi) is 7.34. The molecule has 0 bridgehead atoms. The number of halogens is 2. The number of hydrogen-bond acceptors (Lipinski definition) is 6. The van der Waals surface area contributed by atoms with Crippen LogP contribution in [0.25, 0.3) is 17.4 Å². The molecule has 1 aromatic carbocycles. The second-order valence-electron chi connectivity index (χ2n) is 6.05. The second-order valence-corrected chi connectivity index (χ2v) is 9.58. The highest BCUT2D eigenvalue weighted by atomic mass is 35.5. The van der Waals surface area contributed by atoms with Gasteiger partial charge < -0.3 is 9.52 Å². The second kappa shape index (κ2) is 9.57. The van der Waals surface area contributed by atoms with E-state index < -0.39 is 17.9 Å². The molecule has 1 saturated heterocycles. The van der Waals surface area contributed by atoms with Crippen molar-refractivity contribution in [3.05, 3.63) is 51.0 Å². The Morgan fingerprint density at radius 2 is 2.03 bits per heavy atom. The summed E-state index contributed by atoms with van der Waals surface area (Å²) < 4.78 is 6.02. The van der Waals surface area contributed by atoms with Crippen molar-refractivity contribution in [1.29, 1.82) is 0 Å². The van der Waals surface area contributed by atoms with E-state index in [2.05, 4.69) is 0 Å². The van der Waals surface area contributed by atoms with Crippen molar-refractivity contribution in [3.8, 4) is 11.3 Å². The molecule has 2 aromatic rings. The topological polar surface area (TPSA) is 70.8 Å². The van der Waals surface area contributed by atoms with Gasteiger partial charge in [0.1, 0.15) is 21.9 Å². The maximum Gasteiger partial charge on any atom is 0.326 e. The molecule has 29 heavy (non-hydrogen) atoms. The quantitative estimate of drug-likeness (QED) is 0.398. The van der Waals surface area contributed by atoms with E-state index in [4.69, 9.17) is 39.8 Å². The Balaban J connectivity index is 1.84. The van der Waals surface area contributed by atoms with Gasteiger partial charge in [0.2, 0.25) is 0 Å². The minimum atomic E-state index is -1.07. The van der Waals surface area contributed by atoms with Crippen LogP contribution in [0.5, 0.6) is 0 Å². The van der Waals surface area contributed by atoms with Gasteiger partial charge in [0, 0.05) is 21.7 Å². The summed E-state index contributed by atoms with van der Waals surface area (Å²) in [6, 6.07) is 7.53. The van der Waals surface area contributed by atoms with E-state index in [1.165, 1.54) is 16.7 Å². The predicted octanol–water partition coefficient (Wildman–Crippen LogP) is 5.66. The zero-order chi connectivity index (χ0) is 21.1. The summed E-state index contributed by atoms with van der Waals surface area (Å²) in [6.45, 7) is 0. The lowest BCUT2D eigenvalue weighted by Gasteiger charge is -2.22. The van der Waals surface area contributed by atoms with Gasteiger partial charge in [-0.15, -0.1) is 0 Å². The largest absolute Gasteiger partial charge is 0.480 e. The van der Waals surface area contributed by atoms with Crippen molar-refractivity contribution in [2.75, 3.05) is 12.0 Å². The number of nitrogens with zero attached hydrogens (tertiary/aromatic N) is 1. The maximum absolute atomic E-state index is 12.8. The summed E-state index contributed by atoms with van der Waals surface area (Å²) in [5, 5.41) is 10.5. The number of carboxylic acid groups (broad SMARTS) is 1. The van der Waals surface area contributed by atoms with Crippen LogP contribution in [0.1, 0.15) is 12.2 Å². The first-order valence-electron chi connectivity index (χ1n) is 8.35. The van der Waals surface area contributed by atoms with Crippen molar-refractivity contribution in [2.24, 2.45) is 0 Å². The third-order valence-corrected chi connectivity index (χ3v) is 6.47. The Labute approximate surface area is 191 Å². The molecule has 1 aliphatic rings. The lowest BCUT2D eigenvalue weighted by Crippen LogP contribution is -2.44. The molecule has 2 heterocycles. The van der Waals surface area contributed by atoms with E-state index in [1.807, 2.05) is 6.26 Å². The molecular weight excluding hydrogens is 473 g/mol. The lowest BCUT2D eigenvalue weighted by atomic mass is 10.2. The average Bonchev–Trinajstić information content (AvgIpc) is 3.21. The standard InChI is InChI=1S/C19H15Cl2NO4S3/c1-28-5-4-14(18(24)25)22-17(23)16(29-19(22)27)9-13-2-3-15(26-13)10-6-11(20)8-12(21)7-10/h2-3,6-9,14H,4-5H2,1H3,(H,24,25)/b16-9-. The molecular formula is C19H15Cl2NO4S3. The molecule has 1 aromatic heterocycles. The van der Waals surface area contributed by atoms with Gasteiger partial charge in [-0.25, -0.2) is 4.79 Å². The van der Waals surface area contributed by atoms with E-state index in [0.717, 1.165) is 11.8 Å². The number of carbonyl (C=O) groups is 2. The van der Waals surface area contributed by atoms with Gasteiger partial charge in [0.05, 0.1) is 4.91 Å². The van der Waals surface area contributed by atoms with Crippen LogP contribution in [0.15, 0.2) is 39.7 Å². The molecule has 0 aliphatic carbocycles. The van der Waals surface area contributed by atoms with Crippen LogP contribution in [0.3, 0.4) is 0 Å². The smallest absolute Gasteiger partial charge is 0.326 e. The Morgan fingerprint density at radius 3 is 2.66 bits per heavy atom. The SMILES string of the molecule is CSCCC(C(=O)O)N1C(=O)/C(=C/c2ccc(-c3cc(Cl)cc(Cl)c3)o2)SC1=S. The molecule has 1 N–H and O–H groups in total. The van der Waals surface area contributed by atoms with Crippen molar-refractivity contribution in [2.45, 2.75) is 12.5 Å². The molecule has 1 unspecified atom stereocenters. The van der Waals surface area contributed by atoms with Crippen LogP contribution in [-0.4, -0.2) is 44.3 Å². The molecule has 152 valence electrons. The first-order chi connectivity index (χ1) is 13.8. The summed E-state index contributed by atoms with van der Waals surface area (Å²) in [4.78, 5) is 25.9. The first kappa shape index (κ1) is 22.2. The molecule has 0 saturated carbocycles. The number of furan rings is 1. The minimum Gasteiger partial charge on any atom is -0.480 e. The van der Waals surface area contributed by atoms with Gasteiger partial charge in [-0.2, -0.15) is 11.8 Å². The highest BCUT2D eigenvalue weighted by molar-refractivity contribution is 8.26. The molecule has 3 rings (SSSR count). The van der Waals surface area contributed by atoms with Crippen LogP contribution in [0, 0.1) is 0 Å². The highest BCUT2D eigenvalue weighted by Gasteiger charge is 2.40. The van der Waals surface area contributed by atoms with Gasteiger partial charge >= 0.3 is 5.97 Å². The van der Waals surface area contributed by atoms with Crippen molar-refractivity contribution in [1.82, 2.24) is 4.90 Å². The van der Waals surface area contributed by atoms with Crippen LogP contribution in [0.2, 0.25) is 10.0 Å². The molecule has 0 spiro atoms. The zero-order valence-electron chi connectivity index (χ0n) is 15.1. The monoisotopic (exact) mass is 487 g/mol. The van der Waals surface area contributed by atoms with E-state index in [0.29, 0.717) is 44.2 Å². The Hall–Kier alpha value is -1.45. The van der Waals surface area contributed by atoms with Crippen LogP contribution < -0.4 is 0 Å². The molecule has 1 fully saturated rings. The molecule has 1 aliphatic heterocycles. The van der Waals surface area contributed by atoms with Crippen LogP contribution >= 0.6 is 58.9 Å². The van der Waals surface area contributed by atoms with Gasteiger partial charge in [0.15, 0.2) is 0 Å². The molecule has 5 nitrogen and oxygen atoms in total. The van der Waals surface area contributed by atoms with E-state index in [9.17, 15) is 14.7 Å². The summed E-state index contributed by atoms with van der Waals surface area (Å²) in [7, 11) is 0. The number of aliphatic carboxylic acids is 1. The Morgan fingerprint density at radius 1 is 1.34 bits per heavy atom. The van der Waals surface area contributed by atoms with E-state index in [-0.39, 0.29) is 4.32 Å². The highest BCUT2D eigenvalue weighted by Crippen LogP contribution is 2.36. The van der Waals surface area contributed by atoms with E-state index >= 15 is 0 Å². The molecule has 10 heteroatoms. The number of carbonyl (C=O) groups excluding carboxylic acids is 1. The zero-order valence-corrected chi connectivity index (χ0v) is 19.0. The fourth-order valence-electron chi connectivity index (χ4n) is 2.75. The number of rotatable bonds is 7. The predicted molar refractivity (Wildman–Crippen MR) is 124 cm³/mol. The fraction of sp³-hybridized carbons (Fsp3) is 0.211. The van der Waals surface area contributed by atoms with Crippen LogP contribution in [-0.2, 0) is 9.59 Å². The van der Waals surface area contributed by atoms with Gasteiger partial charge in [-0.3, -0.25) is 9.69 Å². The number of amides is 1. The van der Waals surface area contributed by atoms with Gasteiger partial charge in [-0.1, -0.05) is 47.2 Å². The number of benzene rings is 1. The molecule has 0 radical (unpaired) electrons. The first-order valence-corrected chi connectivity index (χ1v) is 11.7. The fourth-order valence-corrected chi connectivity index (χ4v) is 5.07. The lowest BCUT2D eigenvalue weighted by molar-refractivity contribution is -0.145. The molecule has 1 amide bonds. The third kappa shape index (κ3) is 5.19. The number of hydrogen-bond donors (Lipinski definition) is 1. The maximum atomic E-state index is 12.8. The third-order valence-electron chi connectivity index (χ3n) is 4.06.